The van der Waals surface area contributed by atoms with Crippen molar-refractivity contribution in [3.8, 4) is 11.5 Å². The largest absolute Gasteiger partial charge is 0.497 e. The molecule has 2 fully saturated rings. The van der Waals surface area contributed by atoms with Crippen LogP contribution in [-0.2, 0) is 4.74 Å². The average molecular weight is 413 g/mol. The van der Waals surface area contributed by atoms with Crippen LogP contribution in [0.1, 0.15) is 16.9 Å². The van der Waals surface area contributed by atoms with Gasteiger partial charge in [0.2, 0.25) is 0 Å². The molecule has 4 rings (SSSR count). The van der Waals surface area contributed by atoms with Gasteiger partial charge in [-0.1, -0.05) is 12.1 Å². The standard InChI is InChI=1S/C22H27N3O5/c1-28-15-5-4-6-16(13-15)30-19-14-18(24-22(27)17-7-2-3-8-23-17)20(21(19)26)25-9-11-29-12-10-25/h2-8,13,18-21,26H,9-12,14H2,1H3,(H,24,27)/t18-,19-,20+,21+/m1/s1. The van der Waals surface area contributed by atoms with E-state index < -0.39 is 12.2 Å². The predicted molar refractivity (Wildman–Crippen MR) is 110 cm³/mol. The average Bonchev–Trinajstić information content (AvgIpc) is 3.09. The van der Waals surface area contributed by atoms with Gasteiger partial charge in [-0.3, -0.25) is 14.7 Å². The van der Waals surface area contributed by atoms with Gasteiger partial charge >= 0.3 is 0 Å². The van der Waals surface area contributed by atoms with Crippen LogP contribution in [0, 0.1) is 0 Å². The molecule has 0 radical (unpaired) electrons. The number of aliphatic hydroxyl groups excluding tert-OH is 1. The fourth-order valence-corrected chi connectivity index (χ4v) is 4.18. The Morgan fingerprint density at radius 2 is 2.00 bits per heavy atom. The number of hydrogen-bond acceptors (Lipinski definition) is 7. The minimum Gasteiger partial charge on any atom is -0.497 e. The van der Waals surface area contributed by atoms with Crippen molar-refractivity contribution in [1.82, 2.24) is 15.2 Å². The van der Waals surface area contributed by atoms with Gasteiger partial charge in [0.1, 0.15) is 29.4 Å². The van der Waals surface area contributed by atoms with Crippen molar-refractivity contribution in [2.75, 3.05) is 33.4 Å². The lowest BCUT2D eigenvalue weighted by Gasteiger charge is -2.37. The number of aromatic nitrogens is 1. The Balaban J connectivity index is 1.52. The molecule has 1 saturated heterocycles. The highest BCUT2D eigenvalue weighted by Gasteiger charge is 2.47. The highest BCUT2D eigenvalue weighted by Crippen LogP contribution is 2.31. The molecule has 0 bridgehead atoms. The fraction of sp³-hybridized carbons (Fsp3) is 0.455. The maximum Gasteiger partial charge on any atom is 0.270 e. The van der Waals surface area contributed by atoms with Crippen molar-refractivity contribution in [3.05, 3.63) is 54.4 Å². The monoisotopic (exact) mass is 413 g/mol. The first-order chi connectivity index (χ1) is 14.7. The molecule has 2 heterocycles. The van der Waals surface area contributed by atoms with Crippen molar-refractivity contribution in [1.29, 1.82) is 0 Å². The van der Waals surface area contributed by atoms with E-state index in [0.29, 0.717) is 49.9 Å². The van der Waals surface area contributed by atoms with Crippen LogP contribution in [0.5, 0.6) is 11.5 Å². The summed E-state index contributed by atoms with van der Waals surface area (Å²) in [5.41, 5.74) is 0.352. The number of nitrogens with zero attached hydrogens (tertiary/aromatic N) is 2. The molecule has 8 heteroatoms. The summed E-state index contributed by atoms with van der Waals surface area (Å²) in [6.45, 7) is 2.60. The summed E-state index contributed by atoms with van der Waals surface area (Å²) >= 11 is 0. The van der Waals surface area contributed by atoms with Gasteiger partial charge in [0.05, 0.1) is 32.4 Å². The third-order valence-electron chi connectivity index (χ3n) is 5.64. The fourth-order valence-electron chi connectivity index (χ4n) is 4.18. The van der Waals surface area contributed by atoms with Crippen molar-refractivity contribution < 1.29 is 24.1 Å². The van der Waals surface area contributed by atoms with Crippen LogP contribution in [-0.4, -0.2) is 78.6 Å². The van der Waals surface area contributed by atoms with Crippen LogP contribution in [0.25, 0.3) is 0 Å². The number of nitrogens with one attached hydrogen (secondary N) is 1. The van der Waals surface area contributed by atoms with Gasteiger partial charge in [0, 0.05) is 31.8 Å². The number of pyridine rings is 1. The lowest BCUT2D eigenvalue weighted by molar-refractivity contribution is -0.0350. The highest BCUT2D eigenvalue weighted by molar-refractivity contribution is 5.92. The molecule has 1 saturated carbocycles. The number of aliphatic hydroxyl groups is 1. The lowest BCUT2D eigenvalue weighted by Crippen LogP contribution is -2.56. The summed E-state index contributed by atoms with van der Waals surface area (Å²) in [6, 6.07) is 12.0. The molecule has 1 aliphatic heterocycles. The molecule has 30 heavy (non-hydrogen) atoms. The Hall–Kier alpha value is -2.68. The number of hydrogen-bond donors (Lipinski definition) is 2. The van der Waals surface area contributed by atoms with E-state index >= 15 is 0 Å². The van der Waals surface area contributed by atoms with E-state index in [2.05, 4.69) is 15.2 Å². The van der Waals surface area contributed by atoms with Gasteiger partial charge in [0.15, 0.2) is 0 Å². The number of rotatable bonds is 6. The molecule has 2 aromatic rings. The number of morpholine rings is 1. The molecule has 160 valence electrons. The number of methoxy groups -OCH3 is 1. The third-order valence-corrected chi connectivity index (χ3v) is 5.64. The minimum atomic E-state index is -0.761. The Morgan fingerprint density at radius 3 is 2.73 bits per heavy atom. The number of amides is 1. The second-order valence-electron chi connectivity index (χ2n) is 7.50. The van der Waals surface area contributed by atoms with Crippen LogP contribution < -0.4 is 14.8 Å². The quantitative estimate of drug-likeness (QED) is 0.733. The molecule has 1 aromatic heterocycles. The van der Waals surface area contributed by atoms with E-state index in [4.69, 9.17) is 14.2 Å². The lowest BCUT2D eigenvalue weighted by atomic mass is 10.1. The number of ether oxygens (including phenoxy) is 3. The topological polar surface area (TPSA) is 93.2 Å². The zero-order chi connectivity index (χ0) is 20.9. The first-order valence-electron chi connectivity index (χ1n) is 10.2. The van der Waals surface area contributed by atoms with Crippen molar-refractivity contribution in [3.63, 3.8) is 0 Å². The first kappa shape index (κ1) is 20.6. The van der Waals surface area contributed by atoms with Crippen molar-refractivity contribution in [2.24, 2.45) is 0 Å². The zero-order valence-electron chi connectivity index (χ0n) is 16.9. The van der Waals surface area contributed by atoms with Crippen LogP contribution in [0.4, 0.5) is 0 Å². The van der Waals surface area contributed by atoms with Gasteiger partial charge in [-0.05, 0) is 24.3 Å². The molecular formula is C22H27N3O5. The molecule has 8 nitrogen and oxygen atoms in total. The number of carbonyl (C=O) groups excluding carboxylic acids is 1. The maximum absolute atomic E-state index is 12.7. The second-order valence-corrected chi connectivity index (χ2v) is 7.50. The molecule has 2 aliphatic rings. The van der Waals surface area contributed by atoms with Crippen LogP contribution in [0.2, 0.25) is 0 Å². The molecule has 1 aromatic carbocycles. The SMILES string of the molecule is COc1cccc(O[C@@H]2C[C@@H](NC(=O)c3ccccn3)[C@H](N3CCOCC3)[C@H]2O)c1. The van der Waals surface area contributed by atoms with Gasteiger partial charge < -0.3 is 24.6 Å². The van der Waals surface area contributed by atoms with Crippen molar-refractivity contribution in [2.45, 2.75) is 30.7 Å². The summed E-state index contributed by atoms with van der Waals surface area (Å²) in [5, 5.41) is 14.2. The summed E-state index contributed by atoms with van der Waals surface area (Å²) in [7, 11) is 1.60. The Morgan fingerprint density at radius 1 is 1.20 bits per heavy atom. The molecule has 1 amide bonds. The molecular weight excluding hydrogens is 386 g/mol. The highest BCUT2D eigenvalue weighted by atomic mass is 16.5. The summed E-state index contributed by atoms with van der Waals surface area (Å²) in [6.07, 6.45) is 0.855. The summed E-state index contributed by atoms with van der Waals surface area (Å²) in [4.78, 5) is 19.0. The van der Waals surface area contributed by atoms with Crippen LogP contribution >= 0.6 is 0 Å². The van der Waals surface area contributed by atoms with E-state index in [9.17, 15) is 9.90 Å². The zero-order valence-corrected chi connectivity index (χ0v) is 16.9. The minimum absolute atomic E-state index is 0.256. The maximum atomic E-state index is 12.7. The van der Waals surface area contributed by atoms with Gasteiger partial charge in [0.25, 0.3) is 5.91 Å². The molecule has 0 unspecified atom stereocenters. The Labute approximate surface area is 175 Å². The molecule has 1 aliphatic carbocycles. The van der Waals surface area contributed by atoms with E-state index in [1.54, 1.807) is 37.6 Å². The normalized spacial score (nSPS) is 26.9. The van der Waals surface area contributed by atoms with Crippen molar-refractivity contribution >= 4 is 5.91 Å². The Bertz CT molecular complexity index is 844. The van der Waals surface area contributed by atoms with E-state index in [-0.39, 0.29) is 18.0 Å². The molecule has 0 spiro atoms. The number of benzene rings is 1. The van der Waals surface area contributed by atoms with Gasteiger partial charge in [-0.25, -0.2) is 0 Å². The first-order valence-corrected chi connectivity index (χ1v) is 10.2. The van der Waals surface area contributed by atoms with Crippen LogP contribution in [0.15, 0.2) is 48.7 Å². The second kappa shape index (κ2) is 9.42. The van der Waals surface area contributed by atoms with E-state index in [1.807, 2.05) is 18.2 Å². The smallest absolute Gasteiger partial charge is 0.270 e. The third kappa shape index (κ3) is 4.56. The number of carbonyl (C=O) groups is 1. The van der Waals surface area contributed by atoms with Gasteiger partial charge in [-0.15, -0.1) is 0 Å². The molecule has 2 N–H and O–H groups in total. The van der Waals surface area contributed by atoms with Crippen LogP contribution in [0.3, 0.4) is 0 Å². The summed E-state index contributed by atoms with van der Waals surface area (Å²) in [5.74, 6) is 1.05. The molecule has 4 atom stereocenters. The Kier molecular flexibility index (Phi) is 6.47. The predicted octanol–water partition coefficient (Wildman–Crippen LogP) is 1.10. The summed E-state index contributed by atoms with van der Waals surface area (Å²) < 4.78 is 16.8. The van der Waals surface area contributed by atoms with E-state index in [1.165, 1.54) is 0 Å². The van der Waals surface area contributed by atoms with E-state index in [0.717, 1.165) is 0 Å². The van der Waals surface area contributed by atoms with Gasteiger partial charge in [-0.2, -0.15) is 0 Å².